The molecule has 2 N–H and O–H groups in total. The van der Waals surface area contributed by atoms with Crippen LogP contribution < -0.4 is 0 Å². The van der Waals surface area contributed by atoms with Crippen LogP contribution in [0.15, 0.2) is 5.11 Å². The first-order valence-electron chi connectivity index (χ1n) is 3.76. The van der Waals surface area contributed by atoms with Crippen LogP contribution in [0.3, 0.4) is 0 Å². The highest BCUT2D eigenvalue weighted by Crippen LogP contribution is 2.21. The topological polar surface area (TPSA) is 108 Å². The van der Waals surface area contributed by atoms with Crippen LogP contribution in [0.4, 0.5) is 0 Å². The zero-order valence-electron chi connectivity index (χ0n) is 7.07. The second kappa shape index (κ2) is 4.40. The molecular weight excluding hydrogens is 178 g/mol. The Kier molecular flexibility index (Phi) is 3.47. The van der Waals surface area contributed by atoms with Crippen molar-refractivity contribution >= 4 is 0 Å². The van der Waals surface area contributed by atoms with Gasteiger partial charge in [-0.2, -0.15) is 0 Å². The van der Waals surface area contributed by atoms with Crippen molar-refractivity contribution in [1.29, 1.82) is 0 Å². The Balaban J connectivity index is 2.54. The van der Waals surface area contributed by atoms with Crippen LogP contribution in [-0.2, 0) is 9.47 Å². The van der Waals surface area contributed by atoms with Gasteiger partial charge in [-0.3, -0.25) is 0 Å². The third-order valence-corrected chi connectivity index (χ3v) is 1.88. The number of nitrogens with zero attached hydrogens (tertiary/aromatic N) is 3. The first-order chi connectivity index (χ1) is 6.20. The van der Waals surface area contributed by atoms with Gasteiger partial charge in [-0.25, -0.2) is 0 Å². The highest BCUT2D eigenvalue weighted by Gasteiger charge is 2.42. The summed E-state index contributed by atoms with van der Waals surface area (Å²) in [5.74, 6) is 0. The van der Waals surface area contributed by atoms with E-state index < -0.39 is 24.6 Å². The Hall–Kier alpha value is -0.850. The minimum absolute atomic E-state index is 0.0193. The highest BCUT2D eigenvalue weighted by atomic mass is 16.7. The number of methoxy groups -OCH3 is 1. The number of hydrogen-bond acceptors (Lipinski definition) is 5. The lowest BCUT2D eigenvalue weighted by molar-refractivity contribution is -0.147. The number of azide groups is 1. The molecule has 0 aromatic carbocycles. The SMILES string of the molecule is COC1OC(CN=[N+]=[N-])C(O)C1O. The predicted molar refractivity (Wildman–Crippen MR) is 41.7 cm³/mol. The monoisotopic (exact) mass is 189 g/mol. The maximum Gasteiger partial charge on any atom is 0.186 e. The van der Waals surface area contributed by atoms with E-state index in [1.807, 2.05) is 0 Å². The molecule has 1 rings (SSSR count). The van der Waals surface area contributed by atoms with Crippen molar-refractivity contribution in [3.05, 3.63) is 10.4 Å². The van der Waals surface area contributed by atoms with E-state index in [1.54, 1.807) is 0 Å². The molecule has 0 saturated carbocycles. The summed E-state index contributed by atoms with van der Waals surface area (Å²) in [6, 6.07) is 0. The van der Waals surface area contributed by atoms with Crippen molar-refractivity contribution in [1.82, 2.24) is 0 Å². The molecule has 7 heteroatoms. The number of ether oxygens (including phenoxy) is 2. The summed E-state index contributed by atoms with van der Waals surface area (Å²) in [6.07, 6.45) is -3.72. The smallest absolute Gasteiger partial charge is 0.186 e. The summed E-state index contributed by atoms with van der Waals surface area (Å²) in [6.45, 7) is -0.0193. The Labute approximate surface area is 74.5 Å². The van der Waals surface area contributed by atoms with Crippen molar-refractivity contribution in [2.75, 3.05) is 13.7 Å². The second-order valence-electron chi connectivity index (χ2n) is 2.67. The van der Waals surface area contributed by atoms with Crippen LogP contribution in [0.5, 0.6) is 0 Å². The van der Waals surface area contributed by atoms with E-state index in [1.165, 1.54) is 7.11 Å². The van der Waals surface area contributed by atoms with Crippen molar-refractivity contribution in [2.45, 2.75) is 24.6 Å². The largest absolute Gasteiger partial charge is 0.387 e. The van der Waals surface area contributed by atoms with Crippen LogP contribution in [0, 0.1) is 0 Å². The lowest BCUT2D eigenvalue weighted by Gasteiger charge is -2.11. The molecule has 0 aromatic heterocycles. The quantitative estimate of drug-likeness (QED) is 0.350. The fraction of sp³-hybridized carbons (Fsp3) is 1.00. The lowest BCUT2D eigenvalue weighted by atomic mass is 10.1. The van der Waals surface area contributed by atoms with Gasteiger partial charge in [-0.05, 0) is 5.53 Å². The number of aliphatic hydroxyl groups is 2. The molecule has 1 saturated heterocycles. The van der Waals surface area contributed by atoms with Gasteiger partial charge in [-0.1, -0.05) is 5.11 Å². The van der Waals surface area contributed by atoms with Gasteiger partial charge in [0.15, 0.2) is 6.29 Å². The molecule has 4 unspecified atom stereocenters. The van der Waals surface area contributed by atoms with E-state index in [0.717, 1.165) is 0 Å². The van der Waals surface area contributed by atoms with Crippen molar-refractivity contribution in [2.24, 2.45) is 5.11 Å². The molecule has 1 fully saturated rings. The van der Waals surface area contributed by atoms with E-state index >= 15 is 0 Å². The highest BCUT2D eigenvalue weighted by molar-refractivity contribution is 4.87. The Morgan fingerprint density at radius 3 is 2.69 bits per heavy atom. The van der Waals surface area contributed by atoms with E-state index in [-0.39, 0.29) is 6.54 Å². The fourth-order valence-electron chi connectivity index (χ4n) is 1.18. The van der Waals surface area contributed by atoms with Gasteiger partial charge in [0.2, 0.25) is 0 Å². The molecular formula is C6H11N3O4. The van der Waals surface area contributed by atoms with Crippen LogP contribution in [0.2, 0.25) is 0 Å². The minimum Gasteiger partial charge on any atom is -0.387 e. The standard InChI is InChI=1S/C6H11N3O4/c1-12-6-5(11)4(10)3(13-6)2-8-9-7/h3-6,10-11H,2H2,1H3. The minimum atomic E-state index is -1.09. The molecule has 1 heterocycles. The fourth-order valence-corrected chi connectivity index (χ4v) is 1.18. The van der Waals surface area contributed by atoms with Crippen molar-refractivity contribution in [3.63, 3.8) is 0 Å². The molecule has 74 valence electrons. The lowest BCUT2D eigenvalue weighted by Crippen LogP contribution is -2.33. The normalized spacial score (nSPS) is 38.7. The molecule has 4 atom stereocenters. The molecule has 1 aliphatic rings. The number of aliphatic hydroxyl groups excluding tert-OH is 2. The first-order valence-corrected chi connectivity index (χ1v) is 3.76. The maximum absolute atomic E-state index is 9.35. The van der Waals surface area contributed by atoms with Gasteiger partial charge in [0.1, 0.15) is 12.2 Å². The average Bonchev–Trinajstić information content (AvgIpc) is 2.41. The van der Waals surface area contributed by atoms with Crippen LogP contribution >= 0.6 is 0 Å². The predicted octanol–water partition coefficient (Wildman–Crippen LogP) is -0.610. The first kappa shape index (κ1) is 10.2. The summed E-state index contributed by atoms with van der Waals surface area (Å²) in [5, 5.41) is 21.9. The Morgan fingerprint density at radius 1 is 1.54 bits per heavy atom. The average molecular weight is 189 g/mol. The van der Waals surface area contributed by atoms with Gasteiger partial charge in [0.05, 0.1) is 12.6 Å². The zero-order chi connectivity index (χ0) is 9.84. The summed E-state index contributed by atoms with van der Waals surface area (Å²) in [4.78, 5) is 2.52. The van der Waals surface area contributed by atoms with Gasteiger partial charge >= 0.3 is 0 Å². The molecule has 0 aromatic rings. The Morgan fingerprint density at radius 2 is 2.23 bits per heavy atom. The van der Waals surface area contributed by atoms with Gasteiger partial charge < -0.3 is 19.7 Å². The molecule has 1 aliphatic heterocycles. The van der Waals surface area contributed by atoms with E-state index in [9.17, 15) is 10.2 Å². The van der Waals surface area contributed by atoms with Crippen LogP contribution in [0.1, 0.15) is 0 Å². The second-order valence-corrected chi connectivity index (χ2v) is 2.67. The van der Waals surface area contributed by atoms with Crippen molar-refractivity contribution < 1.29 is 19.7 Å². The Bertz CT molecular complexity index is 218. The third kappa shape index (κ3) is 2.09. The molecule has 13 heavy (non-hydrogen) atoms. The summed E-state index contributed by atoms with van der Waals surface area (Å²) in [7, 11) is 1.36. The van der Waals surface area contributed by atoms with Gasteiger partial charge in [0.25, 0.3) is 0 Å². The zero-order valence-corrected chi connectivity index (χ0v) is 7.07. The van der Waals surface area contributed by atoms with Crippen LogP contribution in [0.25, 0.3) is 10.4 Å². The molecule has 0 radical (unpaired) electrons. The summed E-state index contributed by atoms with van der Waals surface area (Å²) in [5.41, 5.74) is 8.03. The molecule has 7 nitrogen and oxygen atoms in total. The van der Waals surface area contributed by atoms with E-state index in [4.69, 9.17) is 15.0 Å². The molecule has 0 spiro atoms. The van der Waals surface area contributed by atoms with E-state index in [2.05, 4.69) is 10.0 Å². The number of rotatable bonds is 3. The molecule has 0 aliphatic carbocycles. The summed E-state index contributed by atoms with van der Waals surface area (Å²) < 4.78 is 9.79. The summed E-state index contributed by atoms with van der Waals surface area (Å²) >= 11 is 0. The van der Waals surface area contributed by atoms with Gasteiger partial charge in [0, 0.05) is 12.0 Å². The van der Waals surface area contributed by atoms with Gasteiger partial charge in [-0.15, -0.1) is 0 Å². The number of hydrogen-bond donors (Lipinski definition) is 2. The van der Waals surface area contributed by atoms with E-state index in [0.29, 0.717) is 0 Å². The van der Waals surface area contributed by atoms with Crippen LogP contribution in [-0.4, -0.2) is 48.5 Å². The molecule has 0 bridgehead atoms. The maximum atomic E-state index is 9.35. The van der Waals surface area contributed by atoms with Crippen molar-refractivity contribution in [3.8, 4) is 0 Å². The molecule has 0 amide bonds. The third-order valence-electron chi connectivity index (χ3n) is 1.88.